The first-order chi connectivity index (χ1) is 14.2. The second-order valence-corrected chi connectivity index (χ2v) is 6.87. The molecule has 7 nitrogen and oxygen atoms in total. The normalized spacial score (nSPS) is 11.2. The molecule has 0 bridgehead atoms. The van der Waals surface area contributed by atoms with Crippen molar-refractivity contribution in [2.24, 2.45) is 5.10 Å². The minimum absolute atomic E-state index is 0.446. The topological polar surface area (TPSA) is 73.0 Å². The SMILES string of the molecule is COc1ccc(Cc2n[nH]c(=S)n2/N=C\c2cnn(Cc3ccccc3)c2)cc1. The van der Waals surface area contributed by atoms with Crippen LogP contribution in [0.3, 0.4) is 0 Å². The van der Waals surface area contributed by atoms with E-state index in [1.165, 1.54) is 5.56 Å². The molecule has 4 rings (SSSR count). The Kier molecular flexibility index (Phi) is 5.62. The van der Waals surface area contributed by atoms with Gasteiger partial charge in [0.25, 0.3) is 0 Å². The highest BCUT2D eigenvalue weighted by molar-refractivity contribution is 7.71. The van der Waals surface area contributed by atoms with Crippen LogP contribution in [0.4, 0.5) is 0 Å². The van der Waals surface area contributed by atoms with Gasteiger partial charge < -0.3 is 4.74 Å². The summed E-state index contributed by atoms with van der Waals surface area (Å²) in [4.78, 5) is 0. The molecule has 4 aromatic rings. The van der Waals surface area contributed by atoms with Crippen LogP contribution in [0, 0.1) is 4.77 Å². The third kappa shape index (κ3) is 4.67. The first-order valence-electron chi connectivity index (χ1n) is 9.11. The summed E-state index contributed by atoms with van der Waals surface area (Å²) in [6, 6.07) is 18.0. The predicted octanol–water partition coefficient (Wildman–Crippen LogP) is 3.67. The van der Waals surface area contributed by atoms with Crippen LogP contribution >= 0.6 is 12.2 Å². The van der Waals surface area contributed by atoms with Crippen molar-refractivity contribution < 1.29 is 4.74 Å². The first kappa shape index (κ1) is 18.8. The van der Waals surface area contributed by atoms with Crippen molar-refractivity contribution in [3.8, 4) is 5.75 Å². The summed E-state index contributed by atoms with van der Waals surface area (Å²) in [5.74, 6) is 1.55. The molecule has 0 spiro atoms. The highest BCUT2D eigenvalue weighted by Crippen LogP contribution is 2.14. The van der Waals surface area contributed by atoms with E-state index in [0.29, 0.717) is 17.7 Å². The average Bonchev–Trinajstić information content (AvgIpc) is 3.34. The Morgan fingerprint density at radius 1 is 1.10 bits per heavy atom. The molecule has 1 N–H and O–H groups in total. The van der Waals surface area contributed by atoms with E-state index in [4.69, 9.17) is 17.0 Å². The molecule has 0 amide bonds. The molecule has 146 valence electrons. The molecule has 2 heterocycles. The second kappa shape index (κ2) is 8.66. The highest BCUT2D eigenvalue weighted by Gasteiger charge is 2.07. The lowest BCUT2D eigenvalue weighted by Crippen LogP contribution is -2.01. The number of ether oxygens (including phenoxy) is 1. The molecule has 0 saturated carbocycles. The van der Waals surface area contributed by atoms with Gasteiger partial charge in [0.2, 0.25) is 4.77 Å². The Labute approximate surface area is 173 Å². The number of nitrogens with one attached hydrogen (secondary N) is 1. The van der Waals surface area contributed by atoms with E-state index in [-0.39, 0.29) is 0 Å². The molecule has 0 radical (unpaired) electrons. The van der Waals surface area contributed by atoms with Gasteiger partial charge >= 0.3 is 0 Å². The van der Waals surface area contributed by atoms with E-state index in [9.17, 15) is 0 Å². The number of benzene rings is 2. The lowest BCUT2D eigenvalue weighted by atomic mass is 10.1. The Morgan fingerprint density at radius 3 is 2.66 bits per heavy atom. The largest absolute Gasteiger partial charge is 0.497 e. The van der Waals surface area contributed by atoms with Gasteiger partial charge in [-0.3, -0.25) is 9.78 Å². The molecule has 0 aliphatic carbocycles. The fourth-order valence-electron chi connectivity index (χ4n) is 2.91. The fraction of sp³-hybridized carbons (Fsp3) is 0.143. The number of aromatic nitrogens is 5. The first-order valence-corrected chi connectivity index (χ1v) is 9.52. The van der Waals surface area contributed by atoms with E-state index < -0.39 is 0 Å². The number of rotatable bonds is 7. The zero-order chi connectivity index (χ0) is 20.1. The van der Waals surface area contributed by atoms with E-state index in [2.05, 4.69) is 32.5 Å². The molecule has 8 heteroatoms. The van der Waals surface area contributed by atoms with Crippen LogP contribution in [0.15, 0.2) is 72.1 Å². The average molecular weight is 404 g/mol. The monoisotopic (exact) mass is 404 g/mol. The number of hydrogen-bond acceptors (Lipinski definition) is 5. The summed E-state index contributed by atoms with van der Waals surface area (Å²) in [5.41, 5.74) is 3.17. The van der Waals surface area contributed by atoms with Gasteiger partial charge in [-0.25, -0.2) is 0 Å². The van der Waals surface area contributed by atoms with E-state index >= 15 is 0 Å². The number of nitrogens with zero attached hydrogens (tertiary/aromatic N) is 5. The van der Waals surface area contributed by atoms with Gasteiger partial charge in [-0.1, -0.05) is 42.5 Å². The van der Waals surface area contributed by atoms with Crippen LogP contribution in [0.1, 0.15) is 22.5 Å². The van der Waals surface area contributed by atoms with Crippen LogP contribution in [0.5, 0.6) is 5.75 Å². The number of H-pyrrole nitrogens is 1. The molecule has 0 unspecified atom stereocenters. The molecule has 0 aliphatic heterocycles. The van der Waals surface area contributed by atoms with Crippen molar-refractivity contribution in [2.45, 2.75) is 13.0 Å². The smallest absolute Gasteiger partial charge is 0.216 e. The van der Waals surface area contributed by atoms with Gasteiger partial charge in [-0.05, 0) is 35.5 Å². The maximum Gasteiger partial charge on any atom is 0.216 e. The molecule has 0 fully saturated rings. The lowest BCUT2D eigenvalue weighted by Gasteiger charge is -2.03. The third-order valence-electron chi connectivity index (χ3n) is 4.40. The molecule has 0 atom stereocenters. The molecular weight excluding hydrogens is 384 g/mol. The summed E-state index contributed by atoms with van der Waals surface area (Å²) in [6.07, 6.45) is 6.06. The fourth-order valence-corrected chi connectivity index (χ4v) is 3.11. The minimum atomic E-state index is 0.446. The predicted molar refractivity (Wildman–Crippen MR) is 114 cm³/mol. The quantitative estimate of drug-likeness (QED) is 0.377. The van der Waals surface area contributed by atoms with Crippen LogP contribution in [-0.4, -0.2) is 38.0 Å². The lowest BCUT2D eigenvalue weighted by molar-refractivity contribution is 0.414. The van der Waals surface area contributed by atoms with E-state index in [0.717, 1.165) is 22.7 Å². The Hall–Kier alpha value is -3.52. The Morgan fingerprint density at radius 2 is 1.90 bits per heavy atom. The summed E-state index contributed by atoms with van der Waals surface area (Å²) >= 11 is 5.33. The molecule has 2 aromatic carbocycles. The number of aromatic amines is 1. The summed E-state index contributed by atoms with van der Waals surface area (Å²) in [6.45, 7) is 0.711. The summed E-state index contributed by atoms with van der Waals surface area (Å²) in [7, 11) is 1.65. The van der Waals surface area contributed by atoms with Gasteiger partial charge in [0.15, 0.2) is 5.82 Å². The van der Waals surface area contributed by atoms with Gasteiger partial charge in [0, 0.05) is 18.2 Å². The second-order valence-electron chi connectivity index (χ2n) is 6.48. The van der Waals surface area contributed by atoms with Gasteiger partial charge in [0.05, 0.1) is 26.1 Å². The number of methoxy groups -OCH3 is 1. The van der Waals surface area contributed by atoms with Crippen molar-refractivity contribution in [3.05, 3.63) is 94.3 Å². The Balaban J connectivity index is 1.48. The Bertz CT molecular complexity index is 1160. The third-order valence-corrected chi connectivity index (χ3v) is 4.67. The summed E-state index contributed by atoms with van der Waals surface area (Å²) in [5, 5.41) is 16.0. The number of hydrogen-bond donors (Lipinski definition) is 1. The molecule has 0 aliphatic rings. The summed E-state index contributed by atoms with van der Waals surface area (Å²) < 4.78 is 9.16. The maximum atomic E-state index is 5.33. The zero-order valence-electron chi connectivity index (χ0n) is 15.9. The minimum Gasteiger partial charge on any atom is -0.497 e. The standard InChI is InChI=1S/C21H20N6OS/c1-28-19-9-7-16(8-10-19)11-20-24-25-21(29)27(20)23-13-18-12-22-26(15-18)14-17-5-3-2-4-6-17/h2-10,12-13,15H,11,14H2,1H3,(H,25,29)/b23-13-. The van der Waals surface area contributed by atoms with Crippen molar-refractivity contribution in [2.75, 3.05) is 7.11 Å². The van der Waals surface area contributed by atoms with Crippen LogP contribution in [0.2, 0.25) is 0 Å². The molecular formula is C21H20N6OS. The van der Waals surface area contributed by atoms with E-state index in [1.807, 2.05) is 53.3 Å². The van der Waals surface area contributed by atoms with Gasteiger partial charge in [-0.15, -0.1) is 0 Å². The highest BCUT2D eigenvalue weighted by atomic mass is 32.1. The molecule has 0 saturated heterocycles. The maximum absolute atomic E-state index is 5.33. The van der Waals surface area contributed by atoms with Crippen molar-refractivity contribution in [3.63, 3.8) is 0 Å². The van der Waals surface area contributed by atoms with Crippen LogP contribution < -0.4 is 4.74 Å². The molecule has 29 heavy (non-hydrogen) atoms. The van der Waals surface area contributed by atoms with Crippen molar-refractivity contribution in [1.82, 2.24) is 24.7 Å². The van der Waals surface area contributed by atoms with Crippen LogP contribution in [-0.2, 0) is 13.0 Å². The van der Waals surface area contributed by atoms with Gasteiger partial charge in [0.1, 0.15) is 5.75 Å². The van der Waals surface area contributed by atoms with Crippen molar-refractivity contribution >= 4 is 18.4 Å². The van der Waals surface area contributed by atoms with Gasteiger partial charge in [-0.2, -0.15) is 20.0 Å². The molecule has 2 aromatic heterocycles. The zero-order valence-corrected chi connectivity index (χ0v) is 16.7. The van der Waals surface area contributed by atoms with Crippen molar-refractivity contribution in [1.29, 1.82) is 0 Å². The van der Waals surface area contributed by atoms with E-state index in [1.54, 1.807) is 24.2 Å². The van der Waals surface area contributed by atoms with Crippen LogP contribution in [0.25, 0.3) is 0 Å².